The van der Waals surface area contributed by atoms with Gasteiger partial charge in [-0.1, -0.05) is 17.7 Å². The summed E-state index contributed by atoms with van der Waals surface area (Å²) in [5.74, 6) is 1.39. The van der Waals surface area contributed by atoms with Crippen molar-refractivity contribution in [3.63, 3.8) is 0 Å². The highest BCUT2D eigenvalue weighted by Gasteiger charge is 2.20. The average molecular weight is 463 g/mol. The second-order valence-corrected chi connectivity index (χ2v) is 8.75. The van der Waals surface area contributed by atoms with E-state index in [0.717, 1.165) is 17.8 Å². The smallest absolute Gasteiger partial charge is 0.258 e. The molecular formula is C24H23ClN6O2. The molecule has 4 aromatic rings. The maximum atomic E-state index is 12.7. The highest BCUT2D eigenvalue weighted by molar-refractivity contribution is 6.34. The summed E-state index contributed by atoms with van der Waals surface area (Å²) in [5, 5.41) is 6.99. The van der Waals surface area contributed by atoms with Crippen molar-refractivity contribution in [3.8, 4) is 5.82 Å². The van der Waals surface area contributed by atoms with Gasteiger partial charge in [0.1, 0.15) is 11.6 Å². The van der Waals surface area contributed by atoms with Crippen molar-refractivity contribution in [1.29, 1.82) is 0 Å². The lowest BCUT2D eigenvalue weighted by atomic mass is 10.1. The van der Waals surface area contributed by atoms with Crippen molar-refractivity contribution in [1.82, 2.24) is 24.8 Å². The van der Waals surface area contributed by atoms with Crippen LogP contribution in [0.25, 0.3) is 16.7 Å². The number of anilines is 1. The van der Waals surface area contributed by atoms with Gasteiger partial charge in [-0.25, -0.2) is 9.97 Å². The van der Waals surface area contributed by atoms with Crippen LogP contribution in [0.2, 0.25) is 5.02 Å². The number of rotatable bonds is 5. The third-order valence-electron chi connectivity index (χ3n) is 5.74. The van der Waals surface area contributed by atoms with E-state index >= 15 is 0 Å². The Hall–Kier alpha value is -3.65. The molecule has 0 bridgehead atoms. The molecule has 8 nitrogen and oxygen atoms in total. The number of amides is 1. The highest BCUT2D eigenvalue weighted by Crippen LogP contribution is 2.28. The lowest BCUT2D eigenvalue weighted by molar-refractivity contribution is -0.122. The zero-order chi connectivity index (χ0) is 22.9. The number of hydrogen-bond donors (Lipinski definition) is 3. The molecule has 0 aliphatic carbocycles. The molecular weight excluding hydrogens is 440 g/mol. The van der Waals surface area contributed by atoms with Crippen LogP contribution in [-0.4, -0.2) is 38.0 Å². The van der Waals surface area contributed by atoms with Crippen molar-refractivity contribution in [2.75, 3.05) is 11.9 Å². The first-order chi connectivity index (χ1) is 15.9. The molecule has 4 heterocycles. The predicted molar refractivity (Wildman–Crippen MR) is 128 cm³/mol. The first-order valence-electron chi connectivity index (χ1n) is 10.8. The van der Waals surface area contributed by atoms with Crippen LogP contribution in [-0.2, 0) is 11.2 Å². The van der Waals surface area contributed by atoms with Gasteiger partial charge >= 0.3 is 0 Å². The molecule has 1 aliphatic rings. The van der Waals surface area contributed by atoms with Crippen molar-refractivity contribution in [2.45, 2.75) is 32.2 Å². The quantitative estimate of drug-likeness (QED) is 0.422. The zero-order valence-corrected chi connectivity index (χ0v) is 18.8. The summed E-state index contributed by atoms with van der Waals surface area (Å²) in [6.45, 7) is 2.66. The molecule has 0 saturated carbocycles. The number of carbonyl (C=O) groups excluding carboxylic acids is 1. The monoisotopic (exact) mass is 462 g/mol. The van der Waals surface area contributed by atoms with Crippen LogP contribution in [0.5, 0.6) is 0 Å². The Balaban J connectivity index is 1.40. The van der Waals surface area contributed by atoms with Crippen LogP contribution >= 0.6 is 11.6 Å². The fourth-order valence-electron chi connectivity index (χ4n) is 4.04. The van der Waals surface area contributed by atoms with Gasteiger partial charge in [0.2, 0.25) is 5.91 Å². The number of H-pyrrole nitrogens is 1. The van der Waals surface area contributed by atoms with Crippen molar-refractivity contribution in [3.05, 3.63) is 81.3 Å². The van der Waals surface area contributed by atoms with Gasteiger partial charge in [0.05, 0.1) is 21.6 Å². The number of carbonyl (C=O) groups is 1. The number of piperidine rings is 1. The summed E-state index contributed by atoms with van der Waals surface area (Å²) in [6.07, 6.45) is 7.40. The van der Waals surface area contributed by atoms with E-state index in [9.17, 15) is 9.59 Å². The number of fused-ring (bicyclic) bond motifs is 1. The molecule has 3 aromatic heterocycles. The molecule has 1 aliphatic heterocycles. The second-order valence-electron chi connectivity index (χ2n) is 8.34. The van der Waals surface area contributed by atoms with E-state index in [2.05, 4.69) is 25.6 Å². The van der Waals surface area contributed by atoms with E-state index in [0.29, 0.717) is 46.8 Å². The van der Waals surface area contributed by atoms with Crippen LogP contribution in [0.4, 0.5) is 5.69 Å². The Bertz CT molecular complexity index is 1390. The Kier molecular flexibility index (Phi) is 5.60. The molecule has 1 saturated heterocycles. The van der Waals surface area contributed by atoms with E-state index in [1.807, 2.05) is 42.1 Å². The van der Waals surface area contributed by atoms with Crippen molar-refractivity contribution in [2.24, 2.45) is 0 Å². The van der Waals surface area contributed by atoms with Gasteiger partial charge in [-0.05, 0) is 48.7 Å². The van der Waals surface area contributed by atoms with Crippen LogP contribution in [0, 0.1) is 6.92 Å². The number of pyridine rings is 1. The SMILES string of the molecule is Cc1ccn(-c2ccc(Cc3nc4cc(NC5CCNC(=O)C5)c(Cl)cc4c(=O)[nH]3)cn2)c1. The summed E-state index contributed by atoms with van der Waals surface area (Å²) >= 11 is 6.41. The number of nitrogens with zero attached hydrogens (tertiary/aromatic N) is 3. The summed E-state index contributed by atoms with van der Waals surface area (Å²) in [4.78, 5) is 36.4. The second kappa shape index (κ2) is 8.71. The fourth-order valence-corrected chi connectivity index (χ4v) is 4.26. The third kappa shape index (κ3) is 4.61. The molecule has 1 amide bonds. The molecule has 1 aromatic carbocycles. The number of aromatic amines is 1. The molecule has 5 rings (SSSR count). The van der Waals surface area contributed by atoms with Crippen LogP contribution in [0.15, 0.2) is 53.7 Å². The van der Waals surface area contributed by atoms with E-state index < -0.39 is 0 Å². The van der Waals surface area contributed by atoms with Gasteiger partial charge in [0, 0.05) is 44.0 Å². The van der Waals surface area contributed by atoms with Gasteiger partial charge in [0.15, 0.2) is 0 Å². The summed E-state index contributed by atoms with van der Waals surface area (Å²) in [5.41, 5.74) is 3.08. The molecule has 9 heteroatoms. The first kappa shape index (κ1) is 21.2. The minimum absolute atomic E-state index is 0.0103. The third-order valence-corrected chi connectivity index (χ3v) is 6.05. The van der Waals surface area contributed by atoms with Crippen molar-refractivity contribution >= 4 is 34.1 Å². The lowest BCUT2D eigenvalue weighted by Crippen LogP contribution is -2.39. The molecule has 1 atom stereocenters. The van der Waals surface area contributed by atoms with E-state index in [-0.39, 0.29) is 17.5 Å². The van der Waals surface area contributed by atoms with Crippen LogP contribution in [0.1, 0.15) is 29.8 Å². The van der Waals surface area contributed by atoms with E-state index in [4.69, 9.17) is 11.6 Å². The number of aromatic nitrogens is 4. The van der Waals surface area contributed by atoms with Crippen molar-refractivity contribution < 1.29 is 4.79 Å². The number of halogens is 1. The summed E-state index contributed by atoms with van der Waals surface area (Å²) in [7, 11) is 0. The number of hydrogen-bond acceptors (Lipinski definition) is 5. The minimum atomic E-state index is -0.243. The molecule has 1 fully saturated rings. The van der Waals surface area contributed by atoms with E-state index in [1.54, 1.807) is 18.3 Å². The molecule has 168 valence electrons. The van der Waals surface area contributed by atoms with Crippen LogP contribution < -0.4 is 16.2 Å². The van der Waals surface area contributed by atoms with Gasteiger partial charge in [-0.3, -0.25) is 9.59 Å². The Labute approximate surface area is 195 Å². The normalized spacial score (nSPS) is 16.1. The number of aryl methyl sites for hydroxylation is 1. The van der Waals surface area contributed by atoms with Gasteiger partial charge in [-0.15, -0.1) is 0 Å². The lowest BCUT2D eigenvalue weighted by Gasteiger charge is -2.24. The van der Waals surface area contributed by atoms with Gasteiger partial charge in [-0.2, -0.15) is 0 Å². The highest BCUT2D eigenvalue weighted by atomic mass is 35.5. The summed E-state index contributed by atoms with van der Waals surface area (Å²) < 4.78 is 1.96. The molecule has 33 heavy (non-hydrogen) atoms. The number of benzene rings is 1. The minimum Gasteiger partial charge on any atom is -0.380 e. The maximum Gasteiger partial charge on any atom is 0.258 e. The fraction of sp³-hybridized carbons (Fsp3) is 0.250. The summed E-state index contributed by atoms with van der Waals surface area (Å²) in [6, 6.07) is 9.33. The Morgan fingerprint density at radius 1 is 1.24 bits per heavy atom. The number of nitrogens with one attached hydrogen (secondary N) is 3. The largest absolute Gasteiger partial charge is 0.380 e. The average Bonchev–Trinajstić information content (AvgIpc) is 3.22. The molecule has 1 unspecified atom stereocenters. The van der Waals surface area contributed by atoms with E-state index in [1.165, 1.54) is 5.56 Å². The predicted octanol–water partition coefficient (Wildman–Crippen LogP) is 3.35. The van der Waals surface area contributed by atoms with Gasteiger partial charge in [0.25, 0.3) is 5.56 Å². The van der Waals surface area contributed by atoms with Crippen LogP contribution in [0.3, 0.4) is 0 Å². The standard InChI is InChI=1S/C24H23ClN6O2/c1-14-5-7-31(13-14)22-3-2-15(12-27-22)8-21-29-19-11-20(18(25)10-17(19)24(33)30-21)28-16-4-6-26-23(32)9-16/h2-3,5,7,10-13,16,28H,4,6,8-9H2,1H3,(H,26,32)(H,29,30,33). The molecule has 0 radical (unpaired) electrons. The molecule has 3 N–H and O–H groups in total. The first-order valence-corrected chi connectivity index (χ1v) is 11.2. The maximum absolute atomic E-state index is 12.7. The Morgan fingerprint density at radius 3 is 2.85 bits per heavy atom. The topological polar surface area (TPSA) is 105 Å². The van der Waals surface area contributed by atoms with Gasteiger partial charge < -0.3 is 20.2 Å². The molecule has 0 spiro atoms. The zero-order valence-electron chi connectivity index (χ0n) is 18.1. The Morgan fingerprint density at radius 2 is 2.12 bits per heavy atom.